The van der Waals surface area contributed by atoms with E-state index < -0.39 is 0 Å². The maximum Gasteiger partial charge on any atom is 0.0739 e. The summed E-state index contributed by atoms with van der Waals surface area (Å²) >= 11 is 3.62. The largest absolute Gasteiger partial charge is 0.295 e. The van der Waals surface area contributed by atoms with Gasteiger partial charge in [-0.25, -0.2) is 0 Å². The average molecular weight is 288 g/mol. The van der Waals surface area contributed by atoms with Crippen molar-refractivity contribution >= 4 is 15.9 Å². The Morgan fingerprint density at radius 3 is 2.44 bits per heavy atom. The molecular weight excluding hydrogens is 266 g/mol. The summed E-state index contributed by atoms with van der Waals surface area (Å²) in [6, 6.07) is 0.571. The minimum Gasteiger partial charge on any atom is -0.295 e. The second-order valence-corrected chi connectivity index (χ2v) is 5.33. The number of aryl methyl sites for hydroxylation is 2. The summed E-state index contributed by atoms with van der Waals surface area (Å²) in [7, 11) is 2.01. The second kappa shape index (κ2) is 5.82. The highest BCUT2D eigenvalue weighted by molar-refractivity contribution is 9.10. The third-order valence-corrected chi connectivity index (χ3v) is 3.89. The first kappa shape index (κ1) is 13.7. The zero-order valence-corrected chi connectivity index (χ0v) is 12.5. The van der Waals surface area contributed by atoms with Crippen molar-refractivity contribution in [3.63, 3.8) is 0 Å². The van der Waals surface area contributed by atoms with E-state index in [9.17, 15) is 0 Å². The molecule has 3 nitrogen and oxygen atoms in total. The molecule has 0 atom stereocenters. The third kappa shape index (κ3) is 3.08. The van der Waals surface area contributed by atoms with E-state index in [-0.39, 0.29) is 0 Å². The Kier molecular flexibility index (Phi) is 4.99. The zero-order valence-electron chi connectivity index (χ0n) is 10.9. The Morgan fingerprint density at radius 1 is 1.44 bits per heavy atom. The van der Waals surface area contributed by atoms with Crippen LogP contribution in [0.1, 0.15) is 38.6 Å². The molecule has 0 aliphatic carbocycles. The summed E-state index contributed by atoms with van der Waals surface area (Å²) in [5.74, 6) is 0. The highest BCUT2D eigenvalue weighted by Gasteiger charge is 2.16. The van der Waals surface area contributed by atoms with Crippen molar-refractivity contribution in [2.24, 2.45) is 7.05 Å². The van der Waals surface area contributed by atoms with Gasteiger partial charge in [0.05, 0.1) is 15.9 Å². The van der Waals surface area contributed by atoms with Crippen molar-refractivity contribution in [3.8, 4) is 0 Å². The minimum atomic E-state index is 0.571. The lowest BCUT2D eigenvalue weighted by molar-refractivity contribution is 0.207. The molecule has 16 heavy (non-hydrogen) atoms. The number of nitrogens with zero attached hydrogens (tertiary/aromatic N) is 3. The quantitative estimate of drug-likeness (QED) is 0.830. The summed E-state index contributed by atoms with van der Waals surface area (Å²) in [5, 5.41) is 4.43. The van der Waals surface area contributed by atoms with Crippen LogP contribution in [-0.2, 0) is 13.6 Å². The summed E-state index contributed by atoms with van der Waals surface area (Å²) in [5.41, 5.74) is 2.33. The lowest BCUT2D eigenvalue weighted by Crippen LogP contribution is -2.31. The summed E-state index contributed by atoms with van der Waals surface area (Å²) in [6.45, 7) is 10.8. The molecule has 0 saturated carbocycles. The van der Waals surface area contributed by atoms with Gasteiger partial charge in [-0.05, 0) is 49.7 Å². The van der Waals surface area contributed by atoms with Gasteiger partial charge < -0.3 is 0 Å². The van der Waals surface area contributed by atoms with Crippen LogP contribution in [0.25, 0.3) is 0 Å². The normalized spacial score (nSPS) is 11.8. The van der Waals surface area contributed by atoms with Gasteiger partial charge in [-0.3, -0.25) is 9.58 Å². The van der Waals surface area contributed by atoms with Crippen LogP contribution >= 0.6 is 15.9 Å². The molecule has 0 amide bonds. The maximum atomic E-state index is 4.43. The molecule has 0 aromatic carbocycles. The molecule has 0 aliphatic heterocycles. The van der Waals surface area contributed by atoms with Crippen LogP contribution in [0.3, 0.4) is 0 Å². The molecule has 1 rings (SSSR count). The van der Waals surface area contributed by atoms with Gasteiger partial charge in [0.2, 0.25) is 0 Å². The van der Waals surface area contributed by atoms with Crippen molar-refractivity contribution < 1.29 is 0 Å². The predicted octanol–water partition coefficient (Wildman–Crippen LogP) is 3.11. The standard InChI is InChI=1S/C12H22BrN3/c1-6-7-16(9(2)3)8-11-12(13)10(4)14-15(11)5/h9H,6-8H2,1-5H3. The molecule has 0 bridgehead atoms. The van der Waals surface area contributed by atoms with Gasteiger partial charge in [-0.1, -0.05) is 6.92 Å². The van der Waals surface area contributed by atoms with Crippen molar-refractivity contribution in [1.29, 1.82) is 0 Å². The number of rotatable bonds is 5. The van der Waals surface area contributed by atoms with Crippen LogP contribution in [0.5, 0.6) is 0 Å². The summed E-state index contributed by atoms with van der Waals surface area (Å²) in [4.78, 5) is 2.47. The monoisotopic (exact) mass is 287 g/mol. The van der Waals surface area contributed by atoms with Crippen LogP contribution < -0.4 is 0 Å². The highest BCUT2D eigenvalue weighted by atomic mass is 79.9. The fraction of sp³-hybridized carbons (Fsp3) is 0.750. The Balaban J connectivity index is 2.84. The third-order valence-electron chi connectivity index (χ3n) is 2.86. The Labute approximate surface area is 107 Å². The first-order valence-electron chi connectivity index (χ1n) is 5.89. The SMILES string of the molecule is CCCN(Cc1c(Br)c(C)nn1C)C(C)C. The van der Waals surface area contributed by atoms with Crippen LogP contribution in [0.4, 0.5) is 0 Å². The predicted molar refractivity (Wildman–Crippen MR) is 71.5 cm³/mol. The maximum absolute atomic E-state index is 4.43. The van der Waals surface area contributed by atoms with Gasteiger partial charge in [0.1, 0.15) is 0 Å². The van der Waals surface area contributed by atoms with Crippen LogP contribution in [0, 0.1) is 6.92 Å². The van der Waals surface area contributed by atoms with Gasteiger partial charge in [-0.2, -0.15) is 5.10 Å². The molecule has 0 radical (unpaired) electrons. The molecule has 92 valence electrons. The second-order valence-electron chi connectivity index (χ2n) is 4.53. The number of hydrogen-bond donors (Lipinski definition) is 0. The van der Waals surface area contributed by atoms with E-state index in [4.69, 9.17) is 0 Å². The molecular formula is C12H22BrN3. The lowest BCUT2D eigenvalue weighted by atomic mass is 10.2. The van der Waals surface area contributed by atoms with Gasteiger partial charge >= 0.3 is 0 Å². The zero-order chi connectivity index (χ0) is 12.3. The first-order valence-corrected chi connectivity index (χ1v) is 6.68. The van der Waals surface area contributed by atoms with Gasteiger partial charge in [0.25, 0.3) is 0 Å². The smallest absolute Gasteiger partial charge is 0.0739 e. The fourth-order valence-electron chi connectivity index (χ4n) is 1.85. The van der Waals surface area contributed by atoms with Crippen molar-refractivity contribution in [1.82, 2.24) is 14.7 Å². The molecule has 1 aromatic heterocycles. The van der Waals surface area contributed by atoms with Crippen molar-refractivity contribution in [2.75, 3.05) is 6.54 Å². The molecule has 1 heterocycles. The molecule has 4 heteroatoms. The first-order chi connectivity index (χ1) is 7.47. The van der Waals surface area contributed by atoms with Crippen LogP contribution in [0.15, 0.2) is 4.47 Å². The van der Waals surface area contributed by atoms with Crippen LogP contribution in [-0.4, -0.2) is 27.3 Å². The molecule has 0 aliphatic rings. The Hall–Kier alpha value is -0.350. The van der Waals surface area contributed by atoms with E-state index in [1.807, 2.05) is 18.7 Å². The van der Waals surface area contributed by atoms with Gasteiger partial charge in [0.15, 0.2) is 0 Å². The van der Waals surface area contributed by atoms with E-state index in [0.717, 1.165) is 23.3 Å². The lowest BCUT2D eigenvalue weighted by Gasteiger charge is -2.26. The molecule has 1 aromatic rings. The molecule has 0 saturated heterocycles. The van der Waals surface area contributed by atoms with Gasteiger partial charge in [0, 0.05) is 19.6 Å². The minimum absolute atomic E-state index is 0.571. The van der Waals surface area contributed by atoms with E-state index in [0.29, 0.717) is 6.04 Å². The topological polar surface area (TPSA) is 21.1 Å². The van der Waals surface area contributed by atoms with Crippen molar-refractivity contribution in [2.45, 2.75) is 46.7 Å². The van der Waals surface area contributed by atoms with E-state index in [2.05, 4.69) is 46.7 Å². The average Bonchev–Trinajstić information content (AvgIpc) is 2.43. The molecule has 0 spiro atoms. The summed E-state index contributed by atoms with van der Waals surface area (Å²) < 4.78 is 3.13. The van der Waals surface area contributed by atoms with Gasteiger partial charge in [-0.15, -0.1) is 0 Å². The molecule has 0 fully saturated rings. The number of aromatic nitrogens is 2. The molecule has 0 N–H and O–H groups in total. The Morgan fingerprint density at radius 2 is 2.06 bits per heavy atom. The number of hydrogen-bond acceptors (Lipinski definition) is 2. The van der Waals surface area contributed by atoms with E-state index in [1.165, 1.54) is 12.1 Å². The highest BCUT2D eigenvalue weighted by Crippen LogP contribution is 2.22. The van der Waals surface area contributed by atoms with E-state index >= 15 is 0 Å². The fourth-order valence-corrected chi connectivity index (χ4v) is 2.31. The van der Waals surface area contributed by atoms with Crippen molar-refractivity contribution in [3.05, 3.63) is 15.9 Å². The number of halogens is 1. The van der Waals surface area contributed by atoms with Crippen LogP contribution in [0.2, 0.25) is 0 Å². The Bertz CT molecular complexity index is 344. The summed E-state index contributed by atoms with van der Waals surface area (Å²) in [6.07, 6.45) is 1.19. The molecule has 0 unspecified atom stereocenters. The van der Waals surface area contributed by atoms with E-state index in [1.54, 1.807) is 0 Å².